The van der Waals surface area contributed by atoms with Gasteiger partial charge in [0.1, 0.15) is 19.3 Å². The average molecular weight is 1130 g/mol. The van der Waals surface area contributed by atoms with Gasteiger partial charge in [0.15, 0.2) is 0 Å². The molecule has 0 aromatic carbocycles. The maximum absolute atomic E-state index is 13.6. The van der Waals surface area contributed by atoms with Crippen molar-refractivity contribution >= 4 is 19.7 Å². The number of carbonyl (C=O) groups is 2. The summed E-state index contributed by atoms with van der Waals surface area (Å²) in [7, 11) is 1.51. The molecule has 0 spiro atoms. The standard InChI is InChI=1S/C69H133N2O7P/c1-7-10-13-16-19-22-25-28-30-32-34-35-37-39-41-44-47-50-53-56-59-62-69(73)78-67(60-57-54-51-48-45-42-27-24-21-18-15-12-9-3)66(65-77-79(74,75)76-64-63-71(4,5)6)70-68(72)61-58-55-52-49-46-43-40-38-36-33-31-29-26-23-20-17-14-11-8-2/h19,22,28,30,57,60,66-67H,7-18,20-21,23-27,29,31-56,58-59,61-65H2,1-6H3,(H-,70,72,74,75)/p+1/b22-19-,30-28-,60-57+. The van der Waals surface area contributed by atoms with E-state index >= 15 is 0 Å². The zero-order valence-corrected chi connectivity index (χ0v) is 54.3. The van der Waals surface area contributed by atoms with Gasteiger partial charge in [0, 0.05) is 12.8 Å². The van der Waals surface area contributed by atoms with Crippen molar-refractivity contribution in [3.05, 3.63) is 36.5 Å². The Balaban J connectivity index is 5.15. The summed E-state index contributed by atoms with van der Waals surface area (Å²) >= 11 is 0. The van der Waals surface area contributed by atoms with E-state index in [4.69, 9.17) is 13.8 Å². The van der Waals surface area contributed by atoms with Gasteiger partial charge in [0.2, 0.25) is 5.91 Å². The first-order valence-electron chi connectivity index (χ1n) is 34.3. The molecule has 3 atom stereocenters. The van der Waals surface area contributed by atoms with Crippen molar-refractivity contribution in [1.29, 1.82) is 0 Å². The van der Waals surface area contributed by atoms with E-state index in [2.05, 4.69) is 50.4 Å². The first-order chi connectivity index (χ1) is 38.4. The molecule has 79 heavy (non-hydrogen) atoms. The summed E-state index contributed by atoms with van der Waals surface area (Å²) in [6, 6.07) is -0.845. The van der Waals surface area contributed by atoms with Crippen molar-refractivity contribution in [2.45, 2.75) is 354 Å². The Kier molecular flexibility index (Phi) is 58.1. The first kappa shape index (κ1) is 77.2. The Bertz CT molecular complexity index is 1450. The molecule has 10 heteroatoms. The van der Waals surface area contributed by atoms with Gasteiger partial charge < -0.3 is 19.4 Å². The number of hydrogen-bond donors (Lipinski definition) is 2. The largest absolute Gasteiger partial charge is 0.472 e. The summed E-state index contributed by atoms with van der Waals surface area (Å²) in [6.07, 6.45) is 72.8. The molecule has 3 unspecified atom stereocenters. The van der Waals surface area contributed by atoms with Gasteiger partial charge in [-0.3, -0.25) is 18.6 Å². The highest BCUT2D eigenvalue weighted by Gasteiger charge is 2.30. The lowest BCUT2D eigenvalue weighted by atomic mass is 10.0. The van der Waals surface area contributed by atoms with E-state index in [0.29, 0.717) is 23.9 Å². The Hall–Kier alpha value is -1.77. The van der Waals surface area contributed by atoms with Gasteiger partial charge >= 0.3 is 13.8 Å². The van der Waals surface area contributed by atoms with Crippen LogP contribution in [0.3, 0.4) is 0 Å². The predicted octanol–water partition coefficient (Wildman–Crippen LogP) is 21.5. The van der Waals surface area contributed by atoms with Gasteiger partial charge in [0.25, 0.3) is 0 Å². The number of esters is 1. The number of rotatable bonds is 63. The second-order valence-electron chi connectivity index (χ2n) is 24.7. The summed E-state index contributed by atoms with van der Waals surface area (Å²) in [5.74, 6) is -0.488. The van der Waals surface area contributed by atoms with E-state index in [1.165, 1.54) is 244 Å². The third-order valence-electron chi connectivity index (χ3n) is 15.6. The number of unbranched alkanes of at least 4 members (excludes halogenated alkanes) is 43. The highest BCUT2D eigenvalue weighted by atomic mass is 31.2. The zero-order valence-electron chi connectivity index (χ0n) is 53.4. The number of quaternary nitrogens is 1. The summed E-state index contributed by atoms with van der Waals surface area (Å²) in [6.45, 7) is 7.05. The average Bonchev–Trinajstić information content (AvgIpc) is 3.41. The molecule has 2 N–H and O–H groups in total. The van der Waals surface area contributed by atoms with Crippen molar-refractivity contribution in [1.82, 2.24) is 5.32 Å². The third kappa shape index (κ3) is 60.6. The summed E-state index contributed by atoms with van der Waals surface area (Å²) in [5.41, 5.74) is 0. The fraction of sp³-hybridized carbons (Fsp3) is 0.884. The summed E-state index contributed by atoms with van der Waals surface area (Å²) in [4.78, 5) is 37.9. The number of nitrogens with one attached hydrogen (secondary N) is 1. The van der Waals surface area contributed by atoms with Gasteiger partial charge in [-0.25, -0.2) is 4.57 Å². The Morgan fingerprint density at radius 3 is 1.16 bits per heavy atom. The molecule has 0 aliphatic rings. The number of phosphoric acid groups is 1. The van der Waals surface area contributed by atoms with Gasteiger partial charge in [0.05, 0.1) is 33.8 Å². The number of carbonyl (C=O) groups excluding carboxylic acids is 2. The number of amides is 1. The smallest absolute Gasteiger partial charge is 0.456 e. The minimum absolute atomic E-state index is 0.0429. The van der Waals surface area contributed by atoms with E-state index in [1.807, 2.05) is 33.3 Å². The lowest BCUT2D eigenvalue weighted by Crippen LogP contribution is -2.47. The lowest BCUT2D eigenvalue weighted by Gasteiger charge is -2.27. The molecule has 1 amide bonds. The van der Waals surface area contributed by atoms with Crippen molar-refractivity contribution in [2.75, 3.05) is 40.9 Å². The molecule has 0 aliphatic carbocycles. The van der Waals surface area contributed by atoms with Crippen LogP contribution in [0.4, 0.5) is 0 Å². The predicted molar refractivity (Wildman–Crippen MR) is 342 cm³/mol. The monoisotopic (exact) mass is 1130 g/mol. The summed E-state index contributed by atoms with van der Waals surface area (Å²) < 4.78 is 30.8. The van der Waals surface area contributed by atoms with Crippen molar-refractivity contribution in [3.8, 4) is 0 Å². The van der Waals surface area contributed by atoms with Crippen molar-refractivity contribution in [3.63, 3.8) is 0 Å². The summed E-state index contributed by atoms with van der Waals surface area (Å²) in [5, 5.41) is 3.07. The normalized spacial score (nSPS) is 13.8. The number of ether oxygens (including phenoxy) is 1. The fourth-order valence-electron chi connectivity index (χ4n) is 10.3. The topological polar surface area (TPSA) is 111 Å². The van der Waals surface area contributed by atoms with E-state index < -0.39 is 20.0 Å². The van der Waals surface area contributed by atoms with Gasteiger partial charge in [-0.2, -0.15) is 0 Å². The van der Waals surface area contributed by atoms with Crippen LogP contribution < -0.4 is 5.32 Å². The minimum atomic E-state index is -4.45. The number of nitrogens with zero attached hydrogens (tertiary/aromatic N) is 1. The van der Waals surface area contributed by atoms with Crippen LogP contribution in [0, 0.1) is 0 Å². The molecule has 0 radical (unpaired) electrons. The molecule has 0 bridgehead atoms. The van der Waals surface area contributed by atoms with E-state index in [-0.39, 0.29) is 25.1 Å². The highest BCUT2D eigenvalue weighted by molar-refractivity contribution is 7.47. The minimum Gasteiger partial charge on any atom is -0.456 e. The van der Waals surface area contributed by atoms with Crippen LogP contribution in [-0.2, 0) is 27.9 Å². The van der Waals surface area contributed by atoms with Crippen LogP contribution in [-0.4, -0.2) is 74.3 Å². The fourth-order valence-corrected chi connectivity index (χ4v) is 11.0. The SMILES string of the molecule is CCCCC/C=C\C/C=C\CCCCCCCCCCCCCC(=O)OC(/C=C/CCCCCCCCCCCCC)C(COP(=O)(O)OCC[N+](C)(C)C)NC(=O)CCCCCCCCCCCCCCCCCCCCC. The zero-order chi connectivity index (χ0) is 57.9. The molecule has 0 rings (SSSR count). The molecule has 0 saturated heterocycles. The Labute approximate surface area is 491 Å². The Morgan fingerprint density at radius 1 is 0.443 bits per heavy atom. The van der Waals surface area contributed by atoms with Crippen LogP contribution >= 0.6 is 7.82 Å². The molecular weight excluding hydrogens is 1000 g/mol. The molecule has 0 aromatic rings. The van der Waals surface area contributed by atoms with Crippen LogP contribution in [0.15, 0.2) is 36.5 Å². The van der Waals surface area contributed by atoms with E-state index in [9.17, 15) is 19.0 Å². The van der Waals surface area contributed by atoms with Gasteiger partial charge in [-0.1, -0.05) is 302 Å². The molecule has 0 fully saturated rings. The molecule has 0 aliphatic heterocycles. The number of phosphoric ester groups is 1. The maximum atomic E-state index is 13.6. The molecular formula is C69H134N2O7P+. The van der Waals surface area contributed by atoms with Crippen LogP contribution in [0.2, 0.25) is 0 Å². The van der Waals surface area contributed by atoms with E-state index in [1.54, 1.807) is 0 Å². The second-order valence-corrected chi connectivity index (χ2v) is 26.2. The number of hydrogen-bond acceptors (Lipinski definition) is 6. The molecule has 0 aromatic heterocycles. The molecule has 9 nitrogen and oxygen atoms in total. The number of likely N-dealkylation sites (N-methyl/N-ethyl adjacent to an activating group) is 1. The Morgan fingerprint density at radius 2 is 0.772 bits per heavy atom. The molecule has 0 saturated carbocycles. The van der Waals surface area contributed by atoms with Crippen LogP contribution in [0.25, 0.3) is 0 Å². The lowest BCUT2D eigenvalue weighted by molar-refractivity contribution is -0.870. The van der Waals surface area contributed by atoms with Crippen LogP contribution in [0.5, 0.6) is 0 Å². The molecule has 0 heterocycles. The van der Waals surface area contributed by atoms with E-state index in [0.717, 1.165) is 64.2 Å². The first-order valence-corrected chi connectivity index (χ1v) is 35.8. The van der Waals surface area contributed by atoms with Crippen molar-refractivity contribution < 1.29 is 37.3 Å². The highest BCUT2D eigenvalue weighted by Crippen LogP contribution is 2.43. The van der Waals surface area contributed by atoms with Crippen molar-refractivity contribution in [2.24, 2.45) is 0 Å². The second kappa shape index (κ2) is 59.4. The third-order valence-corrected chi connectivity index (χ3v) is 16.6. The quantitative estimate of drug-likeness (QED) is 0.0205. The van der Waals surface area contributed by atoms with Crippen LogP contribution in [0.1, 0.15) is 342 Å². The van der Waals surface area contributed by atoms with Gasteiger partial charge in [-0.05, 0) is 63.9 Å². The maximum Gasteiger partial charge on any atom is 0.472 e. The molecule has 466 valence electrons. The van der Waals surface area contributed by atoms with Gasteiger partial charge in [-0.15, -0.1) is 0 Å². The number of allylic oxidation sites excluding steroid dienone is 5.